The molecule has 1 atom stereocenters. The molecule has 0 amide bonds. The van der Waals surface area contributed by atoms with Crippen LogP contribution < -0.4 is 11.1 Å². The summed E-state index contributed by atoms with van der Waals surface area (Å²) in [5, 5.41) is 12.3. The Kier molecular flexibility index (Phi) is 4.00. The van der Waals surface area contributed by atoms with Gasteiger partial charge in [-0.05, 0) is 19.8 Å². The Labute approximate surface area is 69.0 Å². The second-order valence-corrected chi connectivity index (χ2v) is 4.06. The second-order valence-electron chi connectivity index (χ2n) is 4.06. The summed E-state index contributed by atoms with van der Waals surface area (Å²) in [5.41, 5.74) is 5.46. The molecule has 0 radical (unpaired) electrons. The van der Waals surface area contributed by atoms with Gasteiger partial charge in [0.05, 0.1) is 0 Å². The zero-order valence-electron chi connectivity index (χ0n) is 7.89. The number of nitrogens with one attached hydrogen (secondary N) is 1. The number of rotatable bonds is 4. The van der Waals surface area contributed by atoms with E-state index >= 15 is 0 Å². The molecule has 4 N–H and O–H groups in total. The van der Waals surface area contributed by atoms with Crippen molar-refractivity contribution in [2.75, 3.05) is 6.54 Å². The lowest BCUT2D eigenvalue weighted by atomic mass is 10.1. The lowest BCUT2D eigenvalue weighted by molar-refractivity contribution is 0.0854. The van der Waals surface area contributed by atoms with E-state index in [1.165, 1.54) is 0 Å². The highest BCUT2D eigenvalue weighted by molar-refractivity contribution is 4.75. The van der Waals surface area contributed by atoms with Gasteiger partial charge in [0.2, 0.25) is 0 Å². The summed E-state index contributed by atoms with van der Waals surface area (Å²) in [6.45, 7) is 8.40. The maximum atomic E-state index is 9.32. The zero-order valence-corrected chi connectivity index (χ0v) is 7.89. The molecule has 3 heteroatoms. The Balaban J connectivity index is 3.54. The van der Waals surface area contributed by atoms with Crippen molar-refractivity contribution in [3.05, 3.63) is 0 Å². The van der Waals surface area contributed by atoms with Crippen LogP contribution in [0.5, 0.6) is 0 Å². The molecule has 0 aliphatic rings. The molecule has 0 aliphatic heterocycles. The highest BCUT2D eigenvalue weighted by atomic mass is 16.3. The Bertz CT molecular complexity index is 107. The van der Waals surface area contributed by atoms with Crippen LogP contribution in [0.15, 0.2) is 0 Å². The van der Waals surface area contributed by atoms with Crippen molar-refractivity contribution in [3.8, 4) is 0 Å². The summed E-state index contributed by atoms with van der Waals surface area (Å²) < 4.78 is 0. The summed E-state index contributed by atoms with van der Waals surface area (Å²) >= 11 is 0. The van der Waals surface area contributed by atoms with Crippen molar-refractivity contribution < 1.29 is 5.11 Å². The van der Waals surface area contributed by atoms with Gasteiger partial charge in [0.15, 0.2) is 0 Å². The monoisotopic (exact) mass is 160 g/mol. The Morgan fingerprint density at radius 3 is 2.18 bits per heavy atom. The van der Waals surface area contributed by atoms with Gasteiger partial charge in [0.1, 0.15) is 6.23 Å². The van der Waals surface area contributed by atoms with E-state index in [-0.39, 0.29) is 11.5 Å². The SMILES string of the molecule is CC(C)C(O)NCC(C)(C)N. The standard InChI is InChI=1S/C8H20N2O/c1-6(2)7(11)10-5-8(3,4)9/h6-7,10-11H,5,9H2,1-4H3. The average molecular weight is 160 g/mol. The lowest BCUT2D eigenvalue weighted by Gasteiger charge is -2.23. The van der Waals surface area contributed by atoms with Gasteiger partial charge < -0.3 is 10.8 Å². The minimum atomic E-state index is -0.446. The molecule has 0 rings (SSSR count). The topological polar surface area (TPSA) is 58.3 Å². The van der Waals surface area contributed by atoms with Crippen LogP contribution in [0.25, 0.3) is 0 Å². The van der Waals surface area contributed by atoms with Crippen molar-refractivity contribution in [1.82, 2.24) is 5.32 Å². The number of nitrogens with two attached hydrogens (primary N) is 1. The molecule has 1 unspecified atom stereocenters. The molecule has 68 valence electrons. The third kappa shape index (κ3) is 6.28. The molecule has 0 aliphatic carbocycles. The van der Waals surface area contributed by atoms with Gasteiger partial charge in [-0.2, -0.15) is 0 Å². The summed E-state index contributed by atoms with van der Waals surface area (Å²) in [4.78, 5) is 0. The first-order valence-corrected chi connectivity index (χ1v) is 4.03. The van der Waals surface area contributed by atoms with Crippen LogP contribution in [-0.2, 0) is 0 Å². The van der Waals surface area contributed by atoms with Gasteiger partial charge in [0.25, 0.3) is 0 Å². The van der Waals surface area contributed by atoms with Gasteiger partial charge in [-0.3, -0.25) is 5.32 Å². The molecule has 0 bridgehead atoms. The van der Waals surface area contributed by atoms with E-state index in [9.17, 15) is 5.11 Å². The fourth-order valence-electron chi connectivity index (χ4n) is 0.603. The smallest absolute Gasteiger partial charge is 0.107 e. The van der Waals surface area contributed by atoms with Crippen LogP contribution in [0.1, 0.15) is 27.7 Å². The largest absolute Gasteiger partial charge is 0.378 e. The molecule has 0 heterocycles. The van der Waals surface area contributed by atoms with Crippen molar-refractivity contribution >= 4 is 0 Å². The zero-order chi connectivity index (χ0) is 9.07. The molecule has 3 nitrogen and oxygen atoms in total. The molecule has 11 heavy (non-hydrogen) atoms. The number of aliphatic hydroxyl groups excluding tert-OH is 1. The fraction of sp³-hybridized carbons (Fsp3) is 1.00. The summed E-state index contributed by atoms with van der Waals surface area (Å²) in [5.74, 6) is 0.234. The van der Waals surface area contributed by atoms with Crippen LogP contribution >= 0.6 is 0 Å². The molecule has 0 fully saturated rings. The predicted octanol–water partition coefficient (Wildman–Crippen LogP) is 0.288. The maximum absolute atomic E-state index is 9.32. The van der Waals surface area contributed by atoms with E-state index in [2.05, 4.69) is 5.32 Å². The first-order chi connectivity index (χ1) is 4.83. The first-order valence-electron chi connectivity index (χ1n) is 4.03. The molecule has 0 spiro atoms. The van der Waals surface area contributed by atoms with Crippen LogP contribution in [0.4, 0.5) is 0 Å². The Hall–Kier alpha value is -0.120. The van der Waals surface area contributed by atoms with Crippen molar-refractivity contribution in [2.24, 2.45) is 11.7 Å². The second kappa shape index (κ2) is 4.04. The normalized spacial score (nSPS) is 15.5. The van der Waals surface area contributed by atoms with E-state index in [4.69, 9.17) is 5.73 Å². The van der Waals surface area contributed by atoms with Gasteiger partial charge in [0, 0.05) is 12.1 Å². The lowest BCUT2D eigenvalue weighted by Crippen LogP contribution is -2.47. The molecular formula is C8H20N2O. The quantitative estimate of drug-likeness (QED) is 0.518. The van der Waals surface area contributed by atoms with Crippen molar-refractivity contribution in [2.45, 2.75) is 39.5 Å². The molecule has 0 aromatic carbocycles. The molecular weight excluding hydrogens is 140 g/mol. The highest BCUT2D eigenvalue weighted by Gasteiger charge is 2.14. The van der Waals surface area contributed by atoms with Gasteiger partial charge in [-0.1, -0.05) is 13.8 Å². The summed E-state index contributed by atoms with van der Waals surface area (Å²) in [6.07, 6.45) is -0.446. The first kappa shape index (κ1) is 10.9. The van der Waals surface area contributed by atoms with Gasteiger partial charge in [-0.25, -0.2) is 0 Å². The Morgan fingerprint density at radius 1 is 1.45 bits per heavy atom. The number of hydrogen-bond acceptors (Lipinski definition) is 3. The minimum Gasteiger partial charge on any atom is -0.378 e. The third-order valence-corrected chi connectivity index (χ3v) is 1.40. The molecule has 0 aromatic heterocycles. The van der Waals surface area contributed by atoms with Crippen molar-refractivity contribution in [3.63, 3.8) is 0 Å². The summed E-state index contributed by atoms with van der Waals surface area (Å²) in [7, 11) is 0. The predicted molar refractivity (Wildman–Crippen MR) is 47.1 cm³/mol. The van der Waals surface area contributed by atoms with Gasteiger partial charge in [-0.15, -0.1) is 0 Å². The van der Waals surface area contributed by atoms with Gasteiger partial charge >= 0.3 is 0 Å². The summed E-state index contributed by atoms with van der Waals surface area (Å²) in [6, 6.07) is 0. The molecule has 0 saturated heterocycles. The average Bonchev–Trinajstić information content (AvgIpc) is 1.80. The Morgan fingerprint density at radius 2 is 1.91 bits per heavy atom. The number of hydrogen-bond donors (Lipinski definition) is 3. The fourth-order valence-corrected chi connectivity index (χ4v) is 0.603. The molecule has 0 saturated carbocycles. The van der Waals surface area contributed by atoms with E-state index in [1.54, 1.807) is 0 Å². The number of aliphatic hydroxyl groups is 1. The van der Waals surface area contributed by atoms with Crippen molar-refractivity contribution in [1.29, 1.82) is 0 Å². The maximum Gasteiger partial charge on any atom is 0.107 e. The van der Waals surface area contributed by atoms with E-state index < -0.39 is 6.23 Å². The van der Waals surface area contributed by atoms with Crippen LogP contribution in [0, 0.1) is 5.92 Å². The van der Waals surface area contributed by atoms with Crippen LogP contribution in [0.3, 0.4) is 0 Å². The van der Waals surface area contributed by atoms with E-state index in [1.807, 2.05) is 27.7 Å². The highest BCUT2D eigenvalue weighted by Crippen LogP contribution is 1.99. The van der Waals surface area contributed by atoms with Crippen LogP contribution in [-0.4, -0.2) is 23.4 Å². The van der Waals surface area contributed by atoms with Crippen LogP contribution in [0.2, 0.25) is 0 Å². The minimum absolute atomic E-state index is 0.234. The van der Waals surface area contributed by atoms with E-state index in [0.717, 1.165) is 0 Å². The third-order valence-electron chi connectivity index (χ3n) is 1.40. The van der Waals surface area contributed by atoms with E-state index in [0.29, 0.717) is 6.54 Å². The molecule has 0 aromatic rings.